The molecule has 0 aromatic carbocycles. The standard InChI is InChI=1S/C12H19N3O2/c16-11-4-1-3-10(11)9-13-12(17)5-8-15-7-2-6-14-15/h2,6-7,10-11,16H,1,3-5,8-9H2,(H,13,17). The minimum atomic E-state index is -0.235. The summed E-state index contributed by atoms with van der Waals surface area (Å²) in [5, 5.41) is 16.5. The molecule has 2 rings (SSSR count). The van der Waals surface area contributed by atoms with Gasteiger partial charge in [-0.05, 0) is 18.9 Å². The number of hydrogen-bond donors (Lipinski definition) is 2. The number of nitrogens with one attached hydrogen (secondary N) is 1. The summed E-state index contributed by atoms with van der Waals surface area (Å²) >= 11 is 0. The molecule has 5 nitrogen and oxygen atoms in total. The predicted molar refractivity (Wildman–Crippen MR) is 63.2 cm³/mol. The maximum atomic E-state index is 11.6. The number of aromatic nitrogens is 2. The van der Waals surface area contributed by atoms with Gasteiger partial charge in [0.1, 0.15) is 0 Å². The van der Waals surface area contributed by atoms with E-state index in [1.165, 1.54) is 0 Å². The third-order valence-electron chi connectivity index (χ3n) is 3.31. The second kappa shape index (κ2) is 5.82. The molecule has 17 heavy (non-hydrogen) atoms. The highest BCUT2D eigenvalue weighted by molar-refractivity contribution is 5.75. The van der Waals surface area contributed by atoms with Crippen molar-refractivity contribution in [3.05, 3.63) is 18.5 Å². The molecule has 0 saturated heterocycles. The van der Waals surface area contributed by atoms with Crippen LogP contribution >= 0.6 is 0 Å². The van der Waals surface area contributed by atoms with Gasteiger partial charge >= 0.3 is 0 Å². The molecule has 0 aliphatic heterocycles. The molecule has 0 radical (unpaired) electrons. The molecular formula is C12H19N3O2. The lowest BCUT2D eigenvalue weighted by molar-refractivity contribution is -0.121. The lowest BCUT2D eigenvalue weighted by Gasteiger charge is -2.14. The summed E-state index contributed by atoms with van der Waals surface area (Å²) in [7, 11) is 0. The van der Waals surface area contributed by atoms with Crippen molar-refractivity contribution in [2.24, 2.45) is 5.92 Å². The van der Waals surface area contributed by atoms with Crippen LogP contribution < -0.4 is 5.32 Å². The Morgan fingerprint density at radius 3 is 3.06 bits per heavy atom. The maximum Gasteiger partial charge on any atom is 0.221 e. The van der Waals surface area contributed by atoms with Crippen LogP contribution in [0.1, 0.15) is 25.7 Å². The van der Waals surface area contributed by atoms with Crippen LogP contribution in [0.5, 0.6) is 0 Å². The van der Waals surface area contributed by atoms with E-state index < -0.39 is 0 Å². The lowest BCUT2D eigenvalue weighted by Crippen LogP contribution is -2.32. The number of rotatable bonds is 5. The quantitative estimate of drug-likeness (QED) is 0.786. The Morgan fingerprint density at radius 1 is 1.53 bits per heavy atom. The van der Waals surface area contributed by atoms with Gasteiger partial charge in [0.05, 0.1) is 6.10 Å². The average Bonchev–Trinajstić information content (AvgIpc) is 2.95. The first-order valence-corrected chi connectivity index (χ1v) is 6.18. The summed E-state index contributed by atoms with van der Waals surface area (Å²) in [5.41, 5.74) is 0. The molecule has 1 saturated carbocycles. The van der Waals surface area contributed by atoms with Crippen LogP contribution in [0, 0.1) is 5.92 Å². The smallest absolute Gasteiger partial charge is 0.221 e. The van der Waals surface area contributed by atoms with Gasteiger partial charge in [0.15, 0.2) is 0 Å². The molecule has 1 heterocycles. The summed E-state index contributed by atoms with van der Waals surface area (Å²) in [5.74, 6) is 0.267. The summed E-state index contributed by atoms with van der Waals surface area (Å²) in [6.07, 6.45) is 6.69. The topological polar surface area (TPSA) is 67.2 Å². The van der Waals surface area contributed by atoms with Crippen LogP contribution in [0.3, 0.4) is 0 Å². The van der Waals surface area contributed by atoms with Gasteiger partial charge in [0.2, 0.25) is 5.91 Å². The first kappa shape index (κ1) is 12.1. The molecule has 2 unspecified atom stereocenters. The van der Waals surface area contributed by atoms with Gasteiger partial charge in [0.25, 0.3) is 0 Å². The molecule has 2 atom stereocenters. The van der Waals surface area contributed by atoms with Gasteiger partial charge in [-0.2, -0.15) is 5.10 Å². The third-order valence-corrected chi connectivity index (χ3v) is 3.31. The zero-order valence-corrected chi connectivity index (χ0v) is 9.88. The molecule has 94 valence electrons. The number of aliphatic hydroxyl groups excluding tert-OH is 1. The van der Waals surface area contributed by atoms with Crippen LogP contribution in [0.4, 0.5) is 0 Å². The number of nitrogens with zero attached hydrogens (tertiary/aromatic N) is 2. The molecule has 0 bridgehead atoms. The highest BCUT2D eigenvalue weighted by Gasteiger charge is 2.25. The Labute approximate surface area is 101 Å². The van der Waals surface area contributed by atoms with E-state index in [9.17, 15) is 9.90 Å². The van der Waals surface area contributed by atoms with Gasteiger partial charge in [-0.25, -0.2) is 0 Å². The molecule has 2 N–H and O–H groups in total. The second-order valence-corrected chi connectivity index (χ2v) is 4.58. The molecule has 1 aliphatic rings. The Morgan fingerprint density at radius 2 is 2.41 bits per heavy atom. The number of amides is 1. The Bertz CT molecular complexity index is 351. The van der Waals surface area contributed by atoms with E-state index in [1.54, 1.807) is 10.9 Å². The molecule has 5 heteroatoms. The van der Waals surface area contributed by atoms with Crippen molar-refractivity contribution in [1.82, 2.24) is 15.1 Å². The summed E-state index contributed by atoms with van der Waals surface area (Å²) < 4.78 is 1.74. The minimum absolute atomic E-state index is 0.0274. The van der Waals surface area contributed by atoms with Crippen molar-refractivity contribution in [1.29, 1.82) is 0 Å². The van der Waals surface area contributed by atoms with Crippen LogP contribution in [0.25, 0.3) is 0 Å². The largest absolute Gasteiger partial charge is 0.393 e. The van der Waals surface area contributed by atoms with Crippen molar-refractivity contribution in [2.45, 2.75) is 38.3 Å². The highest BCUT2D eigenvalue weighted by atomic mass is 16.3. The van der Waals surface area contributed by atoms with E-state index in [0.29, 0.717) is 19.5 Å². The number of carbonyl (C=O) groups excluding carboxylic acids is 1. The fraction of sp³-hybridized carbons (Fsp3) is 0.667. The van der Waals surface area contributed by atoms with Gasteiger partial charge in [-0.1, -0.05) is 6.42 Å². The van der Waals surface area contributed by atoms with Crippen LogP contribution in [0.2, 0.25) is 0 Å². The molecule has 1 aromatic rings. The van der Waals surface area contributed by atoms with Crippen molar-refractivity contribution in [3.8, 4) is 0 Å². The van der Waals surface area contributed by atoms with Gasteiger partial charge in [-0.3, -0.25) is 9.48 Å². The van der Waals surface area contributed by atoms with Crippen molar-refractivity contribution in [3.63, 3.8) is 0 Å². The Balaban J connectivity index is 1.64. The van der Waals surface area contributed by atoms with E-state index in [-0.39, 0.29) is 17.9 Å². The van der Waals surface area contributed by atoms with Crippen LogP contribution in [0.15, 0.2) is 18.5 Å². The maximum absolute atomic E-state index is 11.6. The number of aliphatic hydroxyl groups is 1. The zero-order valence-electron chi connectivity index (χ0n) is 9.88. The average molecular weight is 237 g/mol. The number of hydrogen-bond acceptors (Lipinski definition) is 3. The van der Waals surface area contributed by atoms with E-state index in [4.69, 9.17) is 0 Å². The second-order valence-electron chi connectivity index (χ2n) is 4.58. The van der Waals surface area contributed by atoms with E-state index in [1.807, 2.05) is 12.3 Å². The first-order chi connectivity index (χ1) is 8.25. The molecule has 1 fully saturated rings. The molecule has 1 aliphatic carbocycles. The zero-order chi connectivity index (χ0) is 12.1. The predicted octanol–water partition coefficient (Wildman–Crippen LogP) is 0.550. The molecule has 1 aromatic heterocycles. The summed E-state index contributed by atoms with van der Waals surface area (Å²) in [6.45, 7) is 1.20. The number of aryl methyl sites for hydroxylation is 1. The summed E-state index contributed by atoms with van der Waals surface area (Å²) in [4.78, 5) is 11.6. The van der Waals surface area contributed by atoms with Gasteiger partial charge < -0.3 is 10.4 Å². The number of carbonyl (C=O) groups is 1. The van der Waals surface area contributed by atoms with Gasteiger partial charge in [0, 0.05) is 37.8 Å². The van der Waals surface area contributed by atoms with Crippen molar-refractivity contribution < 1.29 is 9.90 Å². The normalized spacial score (nSPS) is 23.8. The molecule has 1 amide bonds. The first-order valence-electron chi connectivity index (χ1n) is 6.18. The fourth-order valence-corrected chi connectivity index (χ4v) is 2.24. The molecular weight excluding hydrogens is 218 g/mol. The Hall–Kier alpha value is -1.36. The van der Waals surface area contributed by atoms with Crippen molar-refractivity contribution in [2.75, 3.05) is 6.54 Å². The fourth-order valence-electron chi connectivity index (χ4n) is 2.24. The summed E-state index contributed by atoms with van der Waals surface area (Å²) in [6, 6.07) is 1.84. The lowest BCUT2D eigenvalue weighted by atomic mass is 10.1. The van der Waals surface area contributed by atoms with E-state index in [0.717, 1.165) is 19.3 Å². The third kappa shape index (κ3) is 3.56. The monoisotopic (exact) mass is 237 g/mol. The van der Waals surface area contributed by atoms with Gasteiger partial charge in [-0.15, -0.1) is 0 Å². The van der Waals surface area contributed by atoms with Crippen molar-refractivity contribution >= 4 is 5.91 Å². The molecule has 0 spiro atoms. The van der Waals surface area contributed by atoms with Crippen LogP contribution in [-0.2, 0) is 11.3 Å². The van der Waals surface area contributed by atoms with E-state index >= 15 is 0 Å². The highest BCUT2D eigenvalue weighted by Crippen LogP contribution is 2.24. The SMILES string of the molecule is O=C(CCn1cccn1)NCC1CCCC1O. The van der Waals surface area contributed by atoms with E-state index in [2.05, 4.69) is 10.4 Å². The Kier molecular flexibility index (Phi) is 4.14. The van der Waals surface area contributed by atoms with Crippen LogP contribution in [-0.4, -0.2) is 33.4 Å². The minimum Gasteiger partial charge on any atom is -0.393 e.